The first-order chi connectivity index (χ1) is 13.0. The number of hydrogen-bond acceptors (Lipinski definition) is 4. The van der Waals surface area contributed by atoms with Gasteiger partial charge in [0.2, 0.25) is 0 Å². The Hall–Kier alpha value is -2.83. The van der Waals surface area contributed by atoms with Crippen molar-refractivity contribution in [3.8, 4) is 17.2 Å². The summed E-state index contributed by atoms with van der Waals surface area (Å²) >= 11 is 0. The van der Waals surface area contributed by atoms with Gasteiger partial charge in [0.1, 0.15) is 17.2 Å². The summed E-state index contributed by atoms with van der Waals surface area (Å²) in [7, 11) is 3.18. The summed E-state index contributed by atoms with van der Waals surface area (Å²) in [5.74, 6) is 1.25. The lowest BCUT2D eigenvalue weighted by Gasteiger charge is -2.27. The zero-order valence-electron chi connectivity index (χ0n) is 15.2. The third kappa shape index (κ3) is 4.13. The average molecular weight is 377 g/mol. The molecule has 2 aromatic carbocycles. The van der Waals surface area contributed by atoms with Gasteiger partial charge >= 0.3 is 6.61 Å². The van der Waals surface area contributed by atoms with E-state index in [4.69, 9.17) is 9.47 Å². The van der Waals surface area contributed by atoms with Crippen molar-refractivity contribution in [3.63, 3.8) is 0 Å². The summed E-state index contributed by atoms with van der Waals surface area (Å²) in [6.45, 7) is -2.28. The van der Waals surface area contributed by atoms with E-state index >= 15 is 0 Å². The van der Waals surface area contributed by atoms with Crippen molar-refractivity contribution < 1.29 is 27.8 Å². The third-order valence-electron chi connectivity index (χ3n) is 4.64. The van der Waals surface area contributed by atoms with Gasteiger partial charge in [0.05, 0.1) is 20.3 Å². The second-order valence-corrected chi connectivity index (χ2v) is 6.17. The second-order valence-electron chi connectivity index (χ2n) is 6.17. The average Bonchev–Trinajstić information content (AvgIpc) is 3.16. The van der Waals surface area contributed by atoms with E-state index in [1.807, 2.05) is 18.2 Å². The number of carbonyl (C=O) groups excluding carboxylic acids is 1. The van der Waals surface area contributed by atoms with Crippen molar-refractivity contribution in [2.24, 2.45) is 0 Å². The summed E-state index contributed by atoms with van der Waals surface area (Å²) in [6.07, 6.45) is 1.67. The number of ether oxygens (including phenoxy) is 3. The maximum Gasteiger partial charge on any atom is 0.387 e. The first kappa shape index (κ1) is 18.9. The Morgan fingerprint density at radius 2 is 1.78 bits per heavy atom. The number of halogens is 2. The number of hydrogen-bond donors (Lipinski definition) is 0. The lowest BCUT2D eigenvalue weighted by molar-refractivity contribution is -0.0498. The quantitative estimate of drug-likeness (QED) is 0.754. The van der Waals surface area contributed by atoms with Gasteiger partial charge in [0, 0.05) is 17.7 Å². The fraction of sp³-hybridized carbons (Fsp3) is 0.350. The number of carbonyl (C=O) groups is 1. The van der Waals surface area contributed by atoms with E-state index < -0.39 is 6.61 Å². The van der Waals surface area contributed by atoms with Gasteiger partial charge in [-0.3, -0.25) is 4.79 Å². The summed E-state index contributed by atoms with van der Waals surface area (Å²) in [5.41, 5.74) is 1.31. The van der Waals surface area contributed by atoms with Crippen molar-refractivity contribution in [2.75, 3.05) is 20.8 Å². The molecule has 0 radical (unpaired) electrons. The van der Waals surface area contributed by atoms with E-state index in [2.05, 4.69) is 4.74 Å². The SMILES string of the molecule is COc1ccc(OC)c(C2CCCN2C(=O)c2ccc(OC(F)F)cc2)c1. The molecular weight excluding hydrogens is 356 g/mol. The molecule has 0 spiro atoms. The Kier molecular flexibility index (Phi) is 5.78. The number of rotatable bonds is 6. The van der Waals surface area contributed by atoms with Gasteiger partial charge in [-0.1, -0.05) is 0 Å². The van der Waals surface area contributed by atoms with Crippen LogP contribution in [0.4, 0.5) is 8.78 Å². The van der Waals surface area contributed by atoms with E-state index in [0.717, 1.165) is 18.4 Å². The molecule has 2 aromatic rings. The van der Waals surface area contributed by atoms with Crippen molar-refractivity contribution in [1.82, 2.24) is 4.90 Å². The molecule has 0 bridgehead atoms. The molecule has 0 aliphatic carbocycles. The smallest absolute Gasteiger partial charge is 0.387 e. The molecule has 5 nitrogen and oxygen atoms in total. The molecule has 0 saturated carbocycles. The van der Waals surface area contributed by atoms with Crippen molar-refractivity contribution in [3.05, 3.63) is 53.6 Å². The Bertz CT molecular complexity index is 795. The lowest BCUT2D eigenvalue weighted by atomic mass is 10.0. The highest BCUT2D eigenvalue weighted by Gasteiger charge is 2.32. The summed E-state index contributed by atoms with van der Waals surface area (Å²) in [5, 5.41) is 0. The van der Waals surface area contributed by atoms with Gasteiger partial charge in [0.25, 0.3) is 5.91 Å². The Morgan fingerprint density at radius 3 is 2.41 bits per heavy atom. The number of alkyl halides is 2. The monoisotopic (exact) mass is 377 g/mol. The molecule has 0 aromatic heterocycles. The number of likely N-dealkylation sites (tertiary alicyclic amines) is 1. The maximum absolute atomic E-state index is 13.0. The predicted octanol–water partition coefficient (Wildman–Crippen LogP) is 4.28. The summed E-state index contributed by atoms with van der Waals surface area (Å²) < 4.78 is 39.7. The van der Waals surface area contributed by atoms with Crippen molar-refractivity contribution >= 4 is 5.91 Å². The highest BCUT2D eigenvalue weighted by atomic mass is 19.3. The van der Waals surface area contributed by atoms with Crippen LogP contribution in [0.15, 0.2) is 42.5 Å². The molecule has 1 fully saturated rings. The Labute approximate surface area is 156 Å². The van der Waals surface area contributed by atoms with Gasteiger partial charge in [-0.25, -0.2) is 0 Å². The van der Waals surface area contributed by atoms with E-state index in [9.17, 15) is 13.6 Å². The molecular formula is C20H21F2NO4. The van der Waals surface area contributed by atoms with E-state index in [1.165, 1.54) is 24.3 Å². The highest BCUT2D eigenvalue weighted by Crippen LogP contribution is 2.39. The molecule has 144 valence electrons. The molecule has 0 N–H and O–H groups in total. The van der Waals surface area contributed by atoms with Gasteiger partial charge in [-0.2, -0.15) is 8.78 Å². The molecule has 1 amide bonds. The molecule has 1 aliphatic heterocycles. The van der Waals surface area contributed by atoms with Crippen LogP contribution in [0.3, 0.4) is 0 Å². The molecule has 1 unspecified atom stereocenters. The summed E-state index contributed by atoms with van der Waals surface area (Å²) in [6, 6.07) is 11.1. The minimum Gasteiger partial charge on any atom is -0.497 e. The number of methoxy groups -OCH3 is 2. The third-order valence-corrected chi connectivity index (χ3v) is 4.64. The van der Waals surface area contributed by atoms with Crippen LogP contribution in [0.1, 0.15) is 34.8 Å². The van der Waals surface area contributed by atoms with Crippen LogP contribution >= 0.6 is 0 Å². The molecule has 1 heterocycles. The van der Waals surface area contributed by atoms with Crippen LogP contribution in [0.25, 0.3) is 0 Å². The first-order valence-corrected chi connectivity index (χ1v) is 8.61. The highest BCUT2D eigenvalue weighted by molar-refractivity contribution is 5.94. The van der Waals surface area contributed by atoms with Crippen LogP contribution in [0.5, 0.6) is 17.2 Å². The first-order valence-electron chi connectivity index (χ1n) is 8.61. The number of benzene rings is 2. The van der Waals surface area contributed by atoms with Crippen LogP contribution in [0, 0.1) is 0 Å². The van der Waals surface area contributed by atoms with Crippen LogP contribution in [-0.2, 0) is 0 Å². The molecule has 1 saturated heterocycles. The summed E-state index contributed by atoms with van der Waals surface area (Å²) in [4.78, 5) is 14.8. The topological polar surface area (TPSA) is 48.0 Å². The zero-order chi connectivity index (χ0) is 19.4. The molecule has 1 aliphatic rings. The predicted molar refractivity (Wildman–Crippen MR) is 95.6 cm³/mol. The van der Waals surface area contributed by atoms with Gasteiger partial charge in [-0.05, 0) is 55.3 Å². The second kappa shape index (κ2) is 8.24. The molecule has 27 heavy (non-hydrogen) atoms. The minimum atomic E-state index is -2.89. The van der Waals surface area contributed by atoms with Gasteiger partial charge in [0.15, 0.2) is 0 Å². The maximum atomic E-state index is 13.0. The fourth-order valence-electron chi connectivity index (χ4n) is 3.38. The number of nitrogens with zero attached hydrogens (tertiary/aromatic N) is 1. The van der Waals surface area contributed by atoms with Crippen LogP contribution < -0.4 is 14.2 Å². The Balaban J connectivity index is 1.85. The van der Waals surface area contributed by atoms with Crippen molar-refractivity contribution in [2.45, 2.75) is 25.5 Å². The molecule has 1 atom stereocenters. The van der Waals surface area contributed by atoms with E-state index in [0.29, 0.717) is 23.6 Å². The Morgan fingerprint density at radius 1 is 1.07 bits per heavy atom. The lowest BCUT2D eigenvalue weighted by Crippen LogP contribution is -2.30. The largest absolute Gasteiger partial charge is 0.497 e. The standard InChI is InChI=1S/C20H21F2NO4/c1-25-15-9-10-18(26-2)16(12-15)17-4-3-11-23(17)19(24)13-5-7-14(8-6-13)27-20(21)22/h5-10,12,17,20H,3-4,11H2,1-2H3. The minimum absolute atomic E-state index is 0.0222. The van der Waals surface area contributed by atoms with Gasteiger partial charge in [-0.15, -0.1) is 0 Å². The van der Waals surface area contributed by atoms with Crippen LogP contribution in [0.2, 0.25) is 0 Å². The fourth-order valence-corrected chi connectivity index (χ4v) is 3.38. The normalized spacial score (nSPS) is 16.5. The molecule has 7 heteroatoms. The zero-order valence-corrected chi connectivity index (χ0v) is 15.2. The van der Waals surface area contributed by atoms with Gasteiger partial charge < -0.3 is 19.1 Å². The number of amides is 1. The van der Waals surface area contributed by atoms with Crippen LogP contribution in [-0.4, -0.2) is 38.2 Å². The van der Waals surface area contributed by atoms with Crippen molar-refractivity contribution in [1.29, 1.82) is 0 Å². The van der Waals surface area contributed by atoms with E-state index in [-0.39, 0.29) is 17.7 Å². The molecule has 3 rings (SSSR count). The van der Waals surface area contributed by atoms with E-state index in [1.54, 1.807) is 19.1 Å².